The fraction of sp³-hybridized carbons (Fsp3) is 0.455. The second-order valence-corrected chi connectivity index (χ2v) is 4.12. The van der Waals surface area contributed by atoms with Crippen LogP contribution in [-0.4, -0.2) is 48.5 Å². The molecule has 0 N–H and O–H groups in total. The first-order chi connectivity index (χ1) is 10.7. The highest BCUT2D eigenvalue weighted by Gasteiger charge is 2.37. The van der Waals surface area contributed by atoms with E-state index < -0.39 is 54.0 Å². The number of nitrogens with zero attached hydrogens (tertiary/aromatic N) is 2. The predicted molar refractivity (Wildman–Crippen MR) is 70.6 cm³/mol. The van der Waals surface area contributed by atoms with Crippen LogP contribution in [0.2, 0.25) is 0 Å². The summed E-state index contributed by atoms with van der Waals surface area (Å²) < 4.78 is 9.42. The number of esters is 2. The van der Waals surface area contributed by atoms with E-state index in [1.165, 1.54) is 0 Å². The van der Waals surface area contributed by atoms with E-state index in [1.807, 2.05) is 0 Å². The minimum Gasteiger partial charge on any atom is -0.462 e. The highest BCUT2D eigenvalue weighted by Crippen LogP contribution is 2.21. The van der Waals surface area contributed by atoms with Crippen molar-refractivity contribution in [1.29, 1.82) is 0 Å². The molecule has 0 aliphatic rings. The van der Waals surface area contributed by atoms with Gasteiger partial charge < -0.3 is 19.1 Å². The summed E-state index contributed by atoms with van der Waals surface area (Å²) in [5.74, 6) is -1.79. The zero-order valence-corrected chi connectivity index (χ0v) is 11.9. The highest BCUT2D eigenvalue weighted by molar-refractivity contribution is 5.81. The zero-order chi connectivity index (χ0) is 17.9. The molecular formula is C11H14N2O10. The maximum absolute atomic E-state index is 11.1. The Labute approximate surface area is 129 Å². The van der Waals surface area contributed by atoms with Gasteiger partial charge in [0.05, 0.1) is 5.41 Å². The van der Waals surface area contributed by atoms with Gasteiger partial charge in [0.25, 0.3) is 10.2 Å². The molecule has 0 radical (unpaired) electrons. The van der Waals surface area contributed by atoms with Crippen molar-refractivity contribution in [2.75, 3.05) is 26.4 Å². The normalized spacial score (nSPS) is 10.1. The molecule has 0 bridgehead atoms. The van der Waals surface area contributed by atoms with Crippen LogP contribution in [0.5, 0.6) is 0 Å². The Morgan fingerprint density at radius 1 is 0.870 bits per heavy atom. The van der Waals surface area contributed by atoms with Crippen molar-refractivity contribution in [1.82, 2.24) is 0 Å². The molecule has 0 aromatic heterocycles. The first-order valence-corrected chi connectivity index (χ1v) is 5.87. The fourth-order valence-corrected chi connectivity index (χ4v) is 1.20. The standard InChI is InChI=1S/C11H14N2O10/c1-3-9(14)20-5-11(7-22-12(16)17,8-23-13(18)19)6-21-10(15)4-2/h3-4H,1-2,5-8H2. The topological polar surface area (TPSA) is 157 Å². The van der Waals surface area contributed by atoms with Crippen molar-refractivity contribution in [2.45, 2.75) is 0 Å². The number of hydrogen-bond donors (Lipinski definition) is 0. The van der Waals surface area contributed by atoms with Crippen LogP contribution in [0.1, 0.15) is 0 Å². The lowest BCUT2D eigenvalue weighted by Crippen LogP contribution is -2.43. The van der Waals surface area contributed by atoms with Crippen LogP contribution in [0.25, 0.3) is 0 Å². The molecule has 0 saturated carbocycles. The quantitative estimate of drug-likeness (QED) is 0.203. The Bertz CT molecular complexity index is 445. The third kappa shape index (κ3) is 8.64. The van der Waals surface area contributed by atoms with Gasteiger partial charge in [0, 0.05) is 12.2 Å². The Morgan fingerprint density at radius 2 is 1.22 bits per heavy atom. The van der Waals surface area contributed by atoms with Crippen molar-refractivity contribution < 1.29 is 38.9 Å². The molecule has 12 heteroatoms. The first kappa shape index (κ1) is 19.8. The summed E-state index contributed by atoms with van der Waals surface area (Å²) >= 11 is 0. The molecule has 0 aromatic carbocycles. The number of ether oxygens (including phenoxy) is 2. The smallest absolute Gasteiger partial charge is 0.330 e. The second kappa shape index (κ2) is 9.70. The molecule has 12 nitrogen and oxygen atoms in total. The molecule has 23 heavy (non-hydrogen) atoms. The summed E-state index contributed by atoms with van der Waals surface area (Å²) in [6.45, 7) is 3.47. The summed E-state index contributed by atoms with van der Waals surface area (Å²) in [6, 6.07) is 0. The fourth-order valence-electron chi connectivity index (χ4n) is 1.20. The molecule has 0 unspecified atom stereocenters. The molecule has 0 aliphatic heterocycles. The van der Waals surface area contributed by atoms with Gasteiger partial charge in [0.1, 0.15) is 26.4 Å². The summed E-state index contributed by atoms with van der Waals surface area (Å²) in [5, 5.41) is 18.3. The summed E-state index contributed by atoms with van der Waals surface area (Å²) in [4.78, 5) is 51.2. The predicted octanol–water partition coefficient (Wildman–Crippen LogP) is -0.152. The second-order valence-electron chi connectivity index (χ2n) is 4.12. The van der Waals surface area contributed by atoms with E-state index in [-0.39, 0.29) is 0 Å². The van der Waals surface area contributed by atoms with Crippen molar-refractivity contribution in [3.8, 4) is 0 Å². The molecule has 0 saturated heterocycles. The monoisotopic (exact) mass is 334 g/mol. The minimum absolute atomic E-state index is 0.621. The van der Waals surface area contributed by atoms with Gasteiger partial charge in [-0.05, 0) is 0 Å². The molecule has 128 valence electrons. The average molecular weight is 334 g/mol. The molecule has 0 aliphatic carbocycles. The molecule has 0 spiro atoms. The van der Waals surface area contributed by atoms with Crippen LogP contribution in [0.15, 0.2) is 25.3 Å². The van der Waals surface area contributed by atoms with Gasteiger partial charge in [-0.25, -0.2) is 9.59 Å². The maximum Gasteiger partial charge on any atom is 0.330 e. The van der Waals surface area contributed by atoms with Gasteiger partial charge in [-0.1, -0.05) is 13.2 Å². The first-order valence-electron chi connectivity index (χ1n) is 5.87. The van der Waals surface area contributed by atoms with E-state index in [0.717, 1.165) is 12.2 Å². The van der Waals surface area contributed by atoms with Crippen LogP contribution in [0, 0.1) is 25.6 Å². The Balaban J connectivity index is 5.19. The third-order valence-corrected chi connectivity index (χ3v) is 2.33. The van der Waals surface area contributed by atoms with Crippen LogP contribution in [-0.2, 0) is 28.7 Å². The van der Waals surface area contributed by atoms with Crippen LogP contribution in [0.3, 0.4) is 0 Å². The van der Waals surface area contributed by atoms with Gasteiger partial charge >= 0.3 is 11.9 Å². The highest BCUT2D eigenvalue weighted by atomic mass is 17.0. The summed E-state index contributed by atoms with van der Waals surface area (Å²) in [6.07, 6.45) is 1.62. The lowest BCUT2D eigenvalue weighted by atomic mass is 9.92. The largest absolute Gasteiger partial charge is 0.462 e. The molecular weight excluding hydrogens is 320 g/mol. The molecule has 0 fully saturated rings. The lowest BCUT2D eigenvalue weighted by Gasteiger charge is -2.30. The molecule has 0 atom stereocenters. The number of carbonyl (C=O) groups is 2. The SMILES string of the molecule is C=CC(=O)OCC(COC(=O)C=C)(CO[N+](=O)[O-])CO[N+](=O)[O-]. The van der Waals surface area contributed by atoms with Gasteiger partial charge in [0.15, 0.2) is 0 Å². The van der Waals surface area contributed by atoms with Gasteiger partial charge in [-0.3, -0.25) is 0 Å². The van der Waals surface area contributed by atoms with E-state index in [4.69, 9.17) is 9.47 Å². The zero-order valence-electron chi connectivity index (χ0n) is 11.9. The van der Waals surface area contributed by atoms with Crippen molar-refractivity contribution in [2.24, 2.45) is 5.41 Å². The van der Waals surface area contributed by atoms with E-state index >= 15 is 0 Å². The minimum atomic E-state index is -1.68. The van der Waals surface area contributed by atoms with E-state index in [0.29, 0.717) is 0 Å². The third-order valence-electron chi connectivity index (χ3n) is 2.33. The van der Waals surface area contributed by atoms with Crippen LogP contribution >= 0.6 is 0 Å². The number of rotatable bonds is 12. The Kier molecular flexibility index (Phi) is 8.36. The van der Waals surface area contributed by atoms with Gasteiger partial charge in [-0.15, -0.1) is 20.2 Å². The number of hydrogen-bond acceptors (Lipinski definition) is 10. The summed E-state index contributed by atoms with van der Waals surface area (Å²) in [5.41, 5.74) is -1.68. The molecule has 0 amide bonds. The molecule has 0 aromatic rings. The van der Waals surface area contributed by atoms with Gasteiger partial charge in [0.2, 0.25) is 0 Å². The maximum atomic E-state index is 11.1. The molecule has 0 rings (SSSR count). The Hall–Kier alpha value is -3.18. The van der Waals surface area contributed by atoms with Crippen LogP contribution in [0.4, 0.5) is 0 Å². The molecule has 0 heterocycles. The lowest BCUT2D eigenvalue weighted by molar-refractivity contribution is -0.772. The number of carbonyl (C=O) groups excluding carboxylic acids is 2. The van der Waals surface area contributed by atoms with Crippen LogP contribution < -0.4 is 0 Å². The van der Waals surface area contributed by atoms with E-state index in [2.05, 4.69) is 22.8 Å². The van der Waals surface area contributed by atoms with Crippen molar-refractivity contribution in [3.05, 3.63) is 45.5 Å². The summed E-state index contributed by atoms with van der Waals surface area (Å²) in [7, 11) is 0. The van der Waals surface area contributed by atoms with E-state index in [1.54, 1.807) is 0 Å². The van der Waals surface area contributed by atoms with Gasteiger partial charge in [-0.2, -0.15) is 0 Å². The Morgan fingerprint density at radius 3 is 1.48 bits per heavy atom. The van der Waals surface area contributed by atoms with E-state index in [9.17, 15) is 29.8 Å². The van der Waals surface area contributed by atoms with Crippen molar-refractivity contribution in [3.63, 3.8) is 0 Å². The average Bonchev–Trinajstić information content (AvgIpc) is 2.52. The van der Waals surface area contributed by atoms with Crippen molar-refractivity contribution >= 4 is 11.9 Å².